The number of rotatable bonds is 4. The zero-order chi connectivity index (χ0) is 18.5. The Balaban J connectivity index is 1.71. The van der Waals surface area contributed by atoms with Gasteiger partial charge >= 0.3 is 0 Å². The molecule has 0 radical (unpaired) electrons. The van der Waals surface area contributed by atoms with Gasteiger partial charge in [0.2, 0.25) is 11.9 Å². The number of piperazine rings is 1. The zero-order valence-corrected chi connectivity index (χ0v) is 14.8. The van der Waals surface area contributed by atoms with Crippen LogP contribution in [0.5, 0.6) is 5.75 Å². The first-order valence-corrected chi connectivity index (χ1v) is 8.36. The SMILES string of the molecule is COc1ccccc1NC(=O)c1ccnc(N2CCN(C(C)=O)CC2)n1. The van der Waals surface area contributed by atoms with Crippen LogP contribution in [0.4, 0.5) is 11.6 Å². The Bertz CT molecular complexity index is 803. The van der Waals surface area contributed by atoms with Crippen LogP contribution in [0.2, 0.25) is 0 Å². The number of nitrogens with zero attached hydrogens (tertiary/aromatic N) is 4. The van der Waals surface area contributed by atoms with Crippen LogP contribution >= 0.6 is 0 Å². The van der Waals surface area contributed by atoms with Crippen molar-refractivity contribution in [1.29, 1.82) is 0 Å². The maximum absolute atomic E-state index is 12.5. The lowest BCUT2D eigenvalue weighted by Gasteiger charge is -2.34. The van der Waals surface area contributed by atoms with Crippen LogP contribution in [0, 0.1) is 0 Å². The third kappa shape index (κ3) is 3.90. The van der Waals surface area contributed by atoms with Crippen LogP contribution in [0.1, 0.15) is 17.4 Å². The van der Waals surface area contributed by atoms with Crippen LogP contribution < -0.4 is 15.0 Å². The molecule has 0 spiro atoms. The second-order valence-corrected chi connectivity index (χ2v) is 5.89. The lowest BCUT2D eigenvalue weighted by Crippen LogP contribution is -2.48. The molecule has 8 heteroatoms. The van der Waals surface area contributed by atoms with Crippen LogP contribution in [-0.2, 0) is 4.79 Å². The summed E-state index contributed by atoms with van der Waals surface area (Å²) in [7, 11) is 1.55. The zero-order valence-electron chi connectivity index (χ0n) is 14.8. The van der Waals surface area contributed by atoms with Crippen LogP contribution in [0.15, 0.2) is 36.5 Å². The summed E-state index contributed by atoms with van der Waals surface area (Å²) in [5.74, 6) is 0.799. The van der Waals surface area contributed by atoms with Gasteiger partial charge in [0, 0.05) is 39.3 Å². The molecule has 1 aromatic heterocycles. The number of para-hydroxylation sites is 2. The van der Waals surface area contributed by atoms with Gasteiger partial charge in [-0.3, -0.25) is 9.59 Å². The molecule has 2 amide bonds. The molecule has 1 saturated heterocycles. The lowest BCUT2D eigenvalue weighted by atomic mass is 10.2. The molecule has 1 fully saturated rings. The molecule has 136 valence electrons. The molecule has 0 atom stereocenters. The average molecular weight is 355 g/mol. The number of methoxy groups -OCH3 is 1. The highest BCUT2D eigenvalue weighted by atomic mass is 16.5. The summed E-state index contributed by atoms with van der Waals surface area (Å²) in [6.45, 7) is 4.08. The van der Waals surface area contributed by atoms with Crippen molar-refractivity contribution >= 4 is 23.5 Å². The molecule has 2 heterocycles. The third-order valence-corrected chi connectivity index (χ3v) is 4.24. The second kappa shape index (κ2) is 7.81. The minimum Gasteiger partial charge on any atom is -0.495 e. The Labute approximate surface area is 151 Å². The minimum absolute atomic E-state index is 0.0653. The molecule has 1 aliphatic rings. The number of nitrogens with one attached hydrogen (secondary N) is 1. The fraction of sp³-hybridized carbons (Fsp3) is 0.333. The molecule has 3 rings (SSSR count). The lowest BCUT2D eigenvalue weighted by molar-refractivity contribution is -0.129. The smallest absolute Gasteiger partial charge is 0.274 e. The Morgan fingerprint density at radius 2 is 1.85 bits per heavy atom. The number of carbonyl (C=O) groups is 2. The minimum atomic E-state index is -0.333. The number of ether oxygens (including phenoxy) is 1. The highest BCUT2D eigenvalue weighted by molar-refractivity contribution is 6.03. The first kappa shape index (κ1) is 17.7. The predicted octanol–water partition coefficient (Wildman–Crippen LogP) is 1.41. The molecular formula is C18H21N5O3. The van der Waals surface area contributed by atoms with Gasteiger partial charge in [-0.2, -0.15) is 0 Å². The summed E-state index contributed by atoms with van der Waals surface area (Å²) in [5, 5.41) is 2.80. The molecular weight excluding hydrogens is 334 g/mol. The topological polar surface area (TPSA) is 87.7 Å². The molecule has 26 heavy (non-hydrogen) atoms. The first-order valence-electron chi connectivity index (χ1n) is 8.36. The van der Waals surface area contributed by atoms with Gasteiger partial charge in [-0.15, -0.1) is 0 Å². The van der Waals surface area contributed by atoms with E-state index in [0.29, 0.717) is 43.6 Å². The molecule has 2 aromatic rings. The van der Waals surface area contributed by atoms with Crippen LogP contribution in [0.25, 0.3) is 0 Å². The Hall–Kier alpha value is -3.16. The third-order valence-electron chi connectivity index (χ3n) is 4.24. The molecule has 1 aromatic carbocycles. The van der Waals surface area contributed by atoms with Gasteiger partial charge in [-0.25, -0.2) is 9.97 Å². The standard InChI is InChI=1S/C18H21N5O3/c1-13(24)22-9-11-23(12-10-22)18-19-8-7-15(21-18)17(25)20-14-5-3-4-6-16(14)26-2/h3-8H,9-12H2,1-2H3,(H,20,25). The molecule has 8 nitrogen and oxygen atoms in total. The Morgan fingerprint density at radius 3 is 2.54 bits per heavy atom. The number of carbonyl (C=O) groups excluding carboxylic acids is 2. The van der Waals surface area contributed by atoms with E-state index in [9.17, 15) is 9.59 Å². The van der Waals surface area contributed by atoms with Crippen LogP contribution in [0.3, 0.4) is 0 Å². The molecule has 0 bridgehead atoms. The summed E-state index contributed by atoms with van der Waals surface area (Å²) in [6, 6.07) is 8.76. The monoisotopic (exact) mass is 355 g/mol. The van der Waals surface area contributed by atoms with Crippen molar-refractivity contribution in [2.45, 2.75) is 6.92 Å². The summed E-state index contributed by atoms with van der Waals surface area (Å²) < 4.78 is 5.24. The largest absolute Gasteiger partial charge is 0.495 e. The molecule has 0 aliphatic carbocycles. The van der Waals surface area contributed by atoms with Crippen molar-refractivity contribution in [3.63, 3.8) is 0 Å². The number of hydrogen-bond acceptors (Lipinski definition) is 6. The van der Waals surface area contributed by atoms with Crippen molar-refractivity contribution in [3.8, 4) is 5.75 Å². The predicted molar refractivity (Wildman–Crippen MR) is 97.4 cm³/mol. The maximum Gasteiger partial charge on any atom is 0.274 e. The fourth-order valence-electron chi connectivity index (χ4n) is 2.78. The quantitative estimate of drug-likeness (QED) is 0.892. The van der Waals surface area contributed by atoms with Crippen molar-refractivity contribution < 1.29 is 14.3 Å². The molecule has 1 N–H and O–H groups in total. The summed E-state index contributed by atoms with van der Waals surface area (Å²) >= 11 is 0. The van der Waals surface area contributed by atoms with Crippen LogP contribution in [-0.4, -0.2) is 60.0 Å². The number of benzene rings is 1. The Morgan fingerprint density at radius 1 is 1.12 bits per heavy atom. The molecule has 0 saturated carbocycles. The fourth-order valence-corrected chi connectivity index (χ4v) is 2.78. The van der Waals surface area contributed by atoms with Gasteiger partial charge in [0.05, 0.1) is 12.8 Å². The number of anilines is 2. The van der Waals surface area contributed by atoms with Gasteiger partial charge in [0.1, 0.15) is 11.4 Å². The van der Waals surface area contributed by atoms with Gasteiger partial charge in [-0.05, 0) is 18.2 Å². The van der Waals surface area contributed by atoms with E-state index in [-0.39, 0.29) is 17.5 Å². The van der Waals surface area contributed by atoms with Crippen molar-refractivity contribution in [2.75, 3.05) is 43.5 Å². The van der Waals surface area contributed by atoms with E-state index in [0.717, 1.165) is 0 Å². The van der Waals surface area contributed by atoms with Gasteiger partial charge in [0.15, 0.2) is 0 Å². The van der Waals surface area contributed by atoms with E-state index >= 15 is 0 Å². The van der Waals surface area contributed by atoms with E-state index in [1.807, 2.05) is 17.0 Å². The van der Waals surface area contributed by atoms with Crippen molar-refractivity contribution in [3.05, 3.63) is 42.2 Å². The first-order chi connectivity index (χ1) is 12.6. The summed E-state index contributed by atoms with van der Waals surface area (Å²) in [6.07, 6.45) is 1.57. The summed E-state index contributed by atoms with van der Waals surface area (Å²) in [5.41, 5.74) is 0.852. The van der Waals surface area contributed by atoms with E-state index in [1.165, 1.54) is 0 Å². The summed E-state index contributed by atoms with van der Waals surface area (Å²) in [4.78, 5) is 36.4. The number of aromatic nitrogens is 2. The van der Waals surface area contributed by atoms with E-state index in [4.69, 9.17) is 4.74 Å². The highest BCUT2D eigenvalue weighted by Crippen LogP contribution is 2.23. The second-order valence-electron chi connectivity index (χ2n) is 5.89. The molecule has 0 unspecified atom stereocenters. The normalized spacial score (nSPS) is 14.1. The maximum atomic E-state index is 12.5. The van der Waals surface area contributed by atoms with Crippen molar-refractivity contribution in [1.82, 2.24) is 14.9 Å². The van der Waals surface area contributed by atoms with E-state index in [2.05, 4.69) is 15.3 Å². The number of hydrogen-bond donors (Lipinski definition) is 1. The van der Waals surface area contributed by atoms with Crippen molar-refractivity contribution in [2.24, 2.45) is 0 Å². The van der Waals surface area contributed by atoms with Gasteiger partial charge in [-0.1, -0.05) is 12.1 Å². The van der Waals surface area contributed by atoms with Gasteiger partial charge < -0.3 is 19.9 Å². The average Bonchev–Trinajstić information content (AvgIpc) is 2.68. The number of amides is 2. The van der Waals surface area contributed by atoms with E-state index < -0.39 is 0 Å². The van der Waals surface area contributed by atoms with E-state index in [1.54, 1.807) is 43.3 Å². The Kier molecular flexibility index (Phi) is 5.31. The van der Waals surface area contributed by atoms with Gasteiger partial charge in [0.25, 0.3) is 5.91 Å². The highest BCUT2D eigenvalue weighted by Gasteiger charge is 2.21. The molecule has 1 aliphatic heterocycles.